The maximum absolute atomic E-state index is 5.59. The van der Waals surface area contributed by atoms with Crippen LogP contribution in [-0.4, -0.2) is 69.4 Å². The first-order chi connectivity index (χ1) is 15.1. The molecule has 0 amide bonds. The second-order valence-electron chi connectivity index (χ2n) is 7.54. The molecule has 4 rings (SSSR count). The average Bonchev–Trinajstić information content (AvgIpc) is 2.82. The number of nitrogens with zero attached hydrogens (tertiary/aromatic N) is 4. The predicted octanol–water partition coefficient (Wildman–Crippen LogP) is 3.02. The topological polar surface area (TPSA) is 72.0 Å². The number of fused-ring (bicyclic) bond motifs is 1. The molecular weight excluding hydrogens is 394 g/mol. The fraction of sp³-hybridized carbons (Fsp3) is 0.391. The molecule has 1 aromatic heterocycles. The Hall–Kier alpha value is -3.26. The highest BCUT2D eigenvalue weighted by Gasteiger charge is 2.19. The quantitative estimate of drug-likeness (QED) is 0.622. The number of ether oxygens (including phenoxy) is 3. The molecule has 0 aliphatic carbocycles. The molecule has 1 fully saturated rings. The van der Waals surface area contributed by atoms with Crippen molar-refractivity contribution >= 4 is 22.7 Å². The summed E-state index contributed by atoms with van der Waals surface area (Å²) in [5.74, 6) is 3.62. The van der Waals surface area contributed by atoms with Crippen LogP contribution in [0.5, 0.6) is 17.2 Å². The van der Waals surface area contributed by atoms with Gasteiger partial charge in [-0.1, -0.05) is 12.1 Å². The van der Waals surface area contributed by atoms with Gasteiger partial charge in [-0.15, -0.1) is 0 Å². The number of hydrogen-bond acceptors (Lipinski definition) is 8. The molecule has 8 nitrogen and oxygen atoms in total. The normalized spacial score (nSPS) is 14.5. The van der Waals surface area contributed by atoms with Crippen molar-refractivity contribution in [2.45, 2.75) is 6.54 Å². The third kappa shape index (κ3) is 4.44. The second kappa shape index (κ2) is 9.26. The average molecular weight is 424 g/mol. The summed E-state index contributed by atoms with van der Waals surface area (Å²) in [5.41, 5.74) is 1.82. The van der Waals surface area contributed by atoms with Gasteiger partial charge in [0.15, 0.2) is 0 Å². The molecule has 0 unspecified atom stereocenters. The van der Waals surface area contributed by atoms with E-state index in [9.17, 15) is 0 Å². The largest absolute Gasteiger partial charge is 0.496 e. The Morgan fingerprint density at radius 2 is 1.58 bits per heavy atom. The number of methoxy groups -OCH3 is 3. The lowest BCUT2D eigenvalue weighted by Crippen LogP contribution is -2.45. The standard InChI is InChI=1S/C23H29N5O3/c1-27-9-11-28(12-10-27)23-25-19-8-6-5-7-17(19)22(26-23)24-15-18-20(30-3)13-16(29-2)14-21(18)31-4/h5-8,13-14H,9-12,15H2,1-4H3,(H,24,25,26). The van der Waals surface area contributed by atoms with Gasteiger partial charge in [0.1, 0.15) is 23.1 Å². The Morgan fingerprint density at radius 3 is 2.23 bits per heavy atom. The van der Waals surface area contributed by atoms with Crippen molar-refractivity contribution < 1.29 is 14.2 Å². The van der Waals surface area contributed by atoms with Gasteiger partial charge >= 0.3 is 0 Å². The Labute approximate surface area is 182 Å². The Morgan fingerprint density at radius 1 is 0.903 bits per heavy atom. The van der Waals surface area contributed by atoms with E-state index in [1.54, 1.807) is 21.3 Å². The molecule has 0 bridgehead atoms. The van der Waals surface area contributed by atoms with Crippen LogP contribution in [0, 0.1) is 0 Å². The smallest absolute Gasteiger partial charge is 0.227 e. The predicted molar refractivity (Wildman–Crippen MR) is 123 cm³/mol. The van der Waals surface area contributed by atoms with Crippen molar-refractivity contribution in [3.8, 4) is 17.2 Å². The highest BCUT2D eigenvalue weighted by molar-refractivity contribution is 5.90. The highest BCUT2D eigenvalue weighted by atomic mass is 16.5. The van der Waals surface area contributed by atoms with Crippen molar-refractivity contribution in [1.82, 2.24) is 14.9 Å². The lowest BCUT2D eigenvalue weighted by Gasteiger charge is -2.32. The van der Waals surface area contributed by atoms with E-state index in [4.69, 9.17) is 24.2 Å². The zero-order valence-electron chi connectivity index (χ0n) is 18.5. The van der Waals surface area contributed by atoms with E-state index in [1.807, 2.05) is 36.4 Å². The van der Waals surface area contributed by atoms with Crippen molar-refractivity contribution in [2.24, 2.45) is 0 Å². The lowest BCUT2D eigenvalue weighted by atomic mass is 10.1. The number of likely N-dealkylation sites (N-methyl/N-ethyl adjacent to an activating group) is 1. The monoisotopic (exact) mass is 423 g/mol. The zero-order chi connectivity index (χ0) is 21.8. The minimum Gasteiger partial charge on any atom is -0.496 e. The molecule has 2 heterocycles. The number of hydrogen-bond donors (Lipinski definition) is 1. The molecule has 8 heteroatoms. The van der Waals surface area contributed by atoms with E-state index < -0.39 is 0 Å². The van der Waals surface area contributed by atoms with Gasteiger partial charge in [-0.2, -0.15) is 4.98 Å². The molecule has 3 aromatic rings. The van der Waals surface area contributed by atoms with E-state index in [0.29, 0.717) is 23.8 Å². The number of rotatable bonds is 7. The Kier molecular flexibility index (Phi) is 6.27. The summed E-state index contributed by atoms with van der Waals surface area (Å²) in [6.07, 6.45) is 0. The van der Waals surface area contributed by atoms with Gasteiger partial charge in [-0.3, -0.25) is 0 Å². The number of benzene rings is 2. The SMILES string of the molecule is COc1cc(OC)c(CNc2nc(N3CCN(C)CC3)nc3ccccc23)c(OC)c1. The summed E-state index contributed by atoms with van der Waals surface area (Å²) in [4.78, 5) is 14.3. The summed E-state index contributed by atoms with van der Waals surface area (Å²) < 4.78 is 16.5. The Bertz CT molecular complexity index is 1030. The number of anilines is 2. The molecule has 0 saturated carbocycles. The van der Waals surface area contributed by atoms with Crippen LogP contribution in [0.2, 0.25) is 0 Å². The van der Waals surface area contributed by atoms with Crippen molar-refractivity contribution in [1.29, 1.82) is 0 Å². The molecule has 0 radical (unpaired) electrons. The third-order valence-electron chi connectivity index (χ3n) is 5.63. The van der Waals surface area contributed by atoms with Gasteiger partial charge in [0, 0.05) is 50.2 Å². The van der Waals surface area contributed by atoms with Crippen LogP contribution in [-0.2, 0) is 6.54 Å². The van der Waals surface area contributed by atoms with Crippen molar-refractivity contribution in [3.05, 3.63) is 42.0 Å². The number of nitrogens with one attached hydrogen (secondary N) is 1. The van der Waals surface area contributed by atoms with Gasteiger partial charge in [-0.05, 0) is 19.2 Å². The fourth-order valence-corrected chi connectivity index (χ4v) is 3.77. The van der Waals surface area contributed by atoms with Crippen LogP contribution in [0.4, 0.5) is 11.8 Å². The lowest BCUT2D eigenvalue weighted by molar-refractivity contribution is 0.311. The van der Waals surface area contributed by atoms with E-state index in [-0.39, 0.29) is 0 Å². The van der Waals surface area contributed by atoms with Crippen molar-refractivity contribution in [2.75, 3.05) is 64.8 Å². The molecule has 1 aliphatic heterocycles. The minimum atomic E-state index is 0.486. The second-order valence-corrected chi connectivity index (χ2v) is 7.54. The van der Waals surface area contributed by atoms with Crippen LogP contribution in [0.15, 0.2) is 36.4 Å². The molecule has 2 aromatic carbocycles. The van der Waals surface area contributed by atoms with Crippen LogP contribution in [0.1, 0.15) is 5.56 Å². The zero-order valence-corrected chi connectivity index (χ0v) is 18.5. The summed E-state index contributed by atoms with van der Waals surface area (Å²) in [6.45, 7) is 4.31. The molecule has 1 N–H and O–H groups in total. The highest BCUT2D eigenvalue weighted by Crippen LogP contribution is 2.35. The summed E-state index contributed by atoms with van der Waals surface area (Å²) in [5, 5.41) is 4.47. The first kappa shape index (κ1) is 21.0. The van der Waals surface area contributed by atoms with Crippen molar-refractivity contribution in [3.63, 3.8) is 0 Å². The molecule has 1 saturated heterocycles. The molecule has 0 spiro atoms. The summed E-state index contributed by atoms with van der Waals surface area (Å²) >= 11 is 0. The minimum absolute atomic E-state index is 0.486. The van der Waals surface area contributed by atoms with Crippen LogP contribution in [0.3, 0.4) is 0 Å². The number of aromatic nitrogens is 2. The van der Waals surface area contributed by atoms with Gasteiger partial charge in [-0.25, -0.2) is 4.98 Å². The maximum Gasteiger partial charge on any atom is 0.227 e. The third-order valence-corrected chi connectivity index (χ3v) is 5.63. The summed E-state index contributed by atoms with van der Waals surface area (Å²) in [7, 11) is 7.05. The molecule has 0 atom stereocenters. The van der Waals surface area contributed by atoms with E-state index >= 15 is 0 Å². The van der Waals surface area contributed by atoms with Crippen LogP contribution < -0.4 is 24.4 Å². The molecule has 164 valence electrons. The maximum atomic E-state index is 5.59. The fourth-order valence-electron chi connectivity index (χ4n) is 3.77. The number of piperazine rings is 1. The molecule has 31 heavy (non-hydrogen) atoms. The molecule has 1 aliphatic rings. The summed E-state index contributed by atoms with van der Waals surface area (Å²) in [6, 6.07) is 11.8. The van der Waals surface area contributed by atoms with Crippen LogP contribution >= 0.6 is 0 Å². The van der Waals surface area contributed by atoms with Gasteiger partial charge in [0.2, 0.25) is 5.95 Å². The van der Waals surface area contributed by atoms with E-state index in [0.717, 1.165) is 54.4 Å². The molecular formula is C23H29N5O3. The first-order valence-electron chi connectivity index (χ1n) is 10.4. The van der Waals surface area contributed by atoms with Gasteiger partial charge in [0.25, 0.3) is 0 Å². The van der Waals surface area contributed by atoms with Gasteiger partial charge < -0.3 is 29.3 Å². The van der Waals surface area contributed by atoms with E-state index in [1.165, 1.54) is 0 Å². The Balaban J connectivity index is 1.67. The van der Waals surface area contributed by atoms with E-state index in [2.05, 4.69) is 22.2 Å². The van der Waals surface area contributed by atoms with Gasteiger partial charge in [0.05, 0.1) is 32.4 Å². The number of para-hydroxylation sites is 1. The van der Waals surface area contributed by atoms with Crippen LogP contribution in [0.25, 0.3) is 10.9 Å². The first-order valence-corrected chi connectivity index (χ1v) is 10.4.